The van der Waals surface area contributed by atoms with Crippen LogP contribution in [0, 0.1) is 0 Å². The van der Waals surface area contributed by atoms with Crippen LogP contribution in [0.5, 0.6) is 0 Å². The molecule has 5 N–H and O–H groups in total. The second-order valence-electron chi connectivity index (χ2n) is 5.86. The highest BCUT2D eigenvalue weighted by molar-refractivity contribution is 5.82. The van der Waals surface area contributed by atoms with Crippen molar-refractivity contribution < 1.29 is 25.2 Å². The minimum absolute atomic E-state index is 0.0131. The van der Waals surface area contributed by atoms with E-state index < -0.39 is 31.1 Å². The van der Waals surface area contributed by atoms with Crippen molar-refractivity contribution in [3.05, 3.63) is 24.3 Å². The normalized spacial score (nSPS) is 27.2. The Labute approximate surface area is 143 Å². The van der Waals surface area contributed by atoms with Crippen molar-refractivity contribution in [2.24, 2.45) is 0 Å². The molecule has 3 heterocycles. The Bertz CT molecular complexity index is 764. The Morgan fingerprint density at radius 3 is 2.76 bits per heavy atom. The molecule has 1 aliphatic heterocycles. The molecule has 0 amide bonds. The molecule has 0 aliphatic carbocycles. The van der Waals surface area contributed by atoms with Gasteiger partial charge in [-0.3, -0.25) is 4.57 Å². The summed E-state index contributed by atoms with van der Waals surface area (Å²) < 4.78 is 7.01. The largest absolute Gasteiger partial charge is 0.394 e. The van der Waals surface area contributed by atoms with E-state index in [4.69, 9.17) is 9.84 Å². The topological polar surface area (TPSA) is 146 Å². The monoisotopic (exact) mass is 351 g/mol. The molecule has 2 aromatic heterocycles. The molecule has 2 aromatic rings. The van der Waals surface area contributed by atoms with Crippen molar-refractivity contribution in [3.8, 4) is 0 Å². The van der Waals surface area contributed by atoms with Gasteiger partial charge in [0.2, 0.25) is 0 Å². The number of hydrogen-bond acceptors (Lipinski definition) is 9. The van der Waals surface area contributed by atoms with E-state index in [9.17, 15) is 15.3 Å². The third kappa shape index (κ3) is 3.34. The average Bonchev–Trinajstić information content (AvgIpc) is 3.17. The number of nitrogens with one attached hydrogen (secondary N) is 1. The van der Waals surface area contributed by atoms with Crippen LogP contribution in [0.4, 0.5) is 5.82 Å². The number of ether oxygens (including phenoxy) is 1. The van der Waals surface area contributed by atoms with Gasteiger partial charge in [-0.25, -0.2) is 15.0 Å². The summed E-state index contributed by atoms with van der Waals surface area (Å²) in [6.07, 6.45) is 0.443. The van der Waals surface area contributed by atoms with E-state index in [-0.39, 0.29) is 6.61 Å². The molecule has 25 heavy (non-hydrogen) atoms. The summed E-state index contributed by atoms with van der Waals surface area (Å²) in [4.78, 5) is 12.6. The summed E-state index contributed by atoms with van der Waals surface area (Å²) in [7, 11) is 0. The van der Waals surface area contributed by atoms with Crippen LogP contribution in [0.25, 0.3) is 11.2 Å². The molecule has 0 aromatic carbocycles. The molecule has 3 unspecified atom stereocenters. The number of fused-ring (bicyclic) bond motifs is 1. The lowest BCUT2D eigenvalue weighted by Gasteiger charge is -2.16. The number of aromatic nitrogens is 4. The fourth-order valence-corrected chi connectivity index (χ4v) is 2.66. The zero-order valence-corrected chi connectivity index (χ0v) is 13.6. The summed E-state index contributed by atoms with van der Waals surface area (Å²) in [5.41, 5.74) is 1.74. The van der Waals surface area contributed by atoms with E-state index in [2.05, 4.69) is 20.3 Å². The summed E-state index contributed by atoms with van der Waals surface area (Å²) >= 11 is 0. The Morgan fingerprint density at radius 2 is 2.08 bits per heavy atom. The van der Waals surface area contributed by atoms with Gasteiger partial charge in [-0.15, -0.1) is 0 Å². The lowest BCUT2D eigenvalue weighted by Crippen LogP contribution is -2.33. The molecule has 10 heteroatoms. The smallest absolute Gasteiger partial charge is 0.167 e. The lowest BCUT2D eigenvalue weighted by molar-refractivity contribution is -0.0511. The first-order valence-corrected chi connectivity index (χ1v) is 7.87. The Balaban J connectivity index is 1.86. The number of imidazole rings is 1. The zero-order chi connectivity index (χ0) is 18.0. The minimum atomic E-state index is -1.21. The van der Waals surface area contributed by atoms with Crippen molar-refractivity contribution in [2.45, 2.75) is 31.5 Å². The van der Waals surface area contributed by atoms with Crippen LogP contribution in [0.3, 0.4) is 0 Å². The first kappa shape index (κ1) is 17.7. The Kier molecular flexibility index (Phi) is 5.25. The number of hydrogen-bond donors (Lipinski definition) is 5. The second-order valence-corrected chi connectivity index (χ2v) is 5.86. The van der Waals surface area contributed by atoms with Crippen LogP contribution in [0.2, 0.25) is 0 Å². The average molecular weight is 351 g/mol. The van der Waals surface area contributed by atoms with Crippen LogP contribution in [0.15, 0.2) is 24.3 Å². The fraction of sp³-hybridized carbons (Fsp3) is 0.533. The second kappa shape index (κ2) is 7.42. The quantitative estimate of drug-likeness (QED) is 0.404. The van der Waals surface area contributed by atoms with Crippen molar-refractivity contribution >= 4 is 17.0 Å². The van der Waals surface area contributed by atoms with Gasteiger partial charge < -0.3 is 30.5 Å². The third-order valence-electron chi connectivity index (χ3n) is 4.12. The van der Waals surface area contributed by atoms with Crippen LogP contribution in [-0.4, -0.2) is 78.0 Å². The fourth-order valence-electron chi connectivity index (χ4n) is 2.66. The van der Waals surface area contributed by atoms with Gasteiger partial charge >= 0.3 is 0 Å². The molecule has 136 valence electrons. The maximum Gasteiger partial charge on any atom is 0.167 e. The lowest BCUT2D eigenvalue weighted by atomic mass is 10.1. The van der Waals surface area contributed by atoms with E-state index in [1.165, 1.54) is 17.2 Å². The molecule has 1 saturated heterocycles. The van der Waals surface area contributed by atoms with Crippen LogP contribution < -0.4 is 5.32 Å². The van der Waals surface area contributed by atoms with E-state index >= 15 is 0 Å². The molecule has 0 spiro atoms. The van der Waals surface area contributed by atoms with Gasteiger partial charge in [0.1, 0.15) is 24.6 Å². The van der Waals surface area contributed by atoms with Crippen molar-refractivity contribution in [1.29, 1.82) is 0 Å². The maximum absolute atomic E-state index is 10.2. The molecule has 10 nitrogen and oxygen atoms in total. The summed E-state index contributed by atoms with van der Waals surface area (Å²) in [5, 5.41) is 41.4. The van der Waals surface area contributed by atoms with Gasteiger partial charge in [0.25, 0.3) is 0 Å². The van der Waals surface area contributed by atoms with Gasteiger partial charge in [0, 0.05) is 6.54 Å². The molecule has 1 aliphatic rings. The van der Waals surface area contributed by atoms with Crippen LogP contribution >= 0.6 is 0 Å². The summed E-state index contributed by atoms with van der Waals surface area (Å²) in [5.74, 6) is 0.498. The number of anilines is 1. The molecule has 4 atom stereocenters. The molecule has 0 bridgehead atoms. The van der Waals surface area contributed by atoms with Gasteiger partial charge in [0.05, 0.1) is 19.5 Å². The minimum Gasteiger partial charge on any atom is -0.394 e. The number of rotatable bonds is 6. The Morgan fingerprint density at radius 1 is 1.28 bits per heavy atom. The first-order chi connectivity index (χ1) is 12.1. The van der Waals surface area contributed by atoms with E-state index in [0.717, 1.165) is 5.57 Å². The van der Waals surface area contributed by atoms with E-state index in [1.807, 2.05) is 13.0 Å². The van der Waals surface area contributed by atoms with Gasteiger partial charge in [-0.1, -0.05) is 11.6 Å². The van der Waals surface area contributed by atoms with Crippen molar-refractivity contribution in [2.75, 3.05) is 25.1 Å². The highest BCUT2D eigenvalue weighted by Crippen LogP contribution is 2.31. The predicted molar refractivity (Wildman–Crippen MR) is 87.7 cm³/mol. The first-order valence-electron chi connectivity index (χ1n) is 7.87. The highest BCUT2D eigenvalue weighted by atomic mass is 16.6. The molecular weight excluding hydrogens is 330 g/mol. The van der Waals surface area contributed by atoms with Crippen molar-refractivity contribution in [1.82, 2.24) is 19.5 Å². The molecule has 0 radical (unpaired) electrons. The predicted octanol–water partition coefficient (Wildman–Crippen LogP) is -1.21. The summed E-state index contributed by atoms with van der Waals surface area (Å²) in [6, 6.07) is 0. The number of aliphatic hydroxyl groups excluding tert-OH is 4. The highest BCUT2D eigenvalue weighted by Gasteiger charge is 2.44. The zero-order valence-electron chi connectivity index (χ0n) is 13.6. The maximum atomic E-state index is 10.2. The SMILES string of the molecule is C/C(=C\CNc1ncnc2c1ncn2C1OC(CO)C(O)[C@@H]1O)CO. The van der Waals surface area contributed by atoms with E-state index in [1.54, 1.807) is 0 Å². The van der Waals surface area contributed by atoms with Crippen LogP contribution in [0.1, 0.15) is 13.2 Å². The summed E-state index contributed by atoms with van der Waals surface area (Å²) in [6.45, 7) is 1.85. The van der Waals surface area contributed by atoms with Gasteiger partial charge in [-0.05, 0) is 6.92 Å². The molecular formula is C15H21N5O5. The van der Waals surface area contributed by atoms with Crippen molar-refractivity contribution in [3.63, 3.8) is 0 Å². The molecule has 1 fully saturated rings. The van der Waals surface area contributed by atoms with E-state index in [0.29, 0.717) is 23.5 Å². The Hall–Kier alpha value is -2.11. The van der Waals surface area contributed by atoms with Gasteiger partial charge in [-0.2, -0.15) is 0 Å². The van der Waals surface area contributed by atoms with Crippen LogP contribution in [-0.2, 0) is 4.74 Å². The molecule has 3 rings (SSSR count). The number of aliphatic hydroxyl groups is 4. The standard InChI is InChI=1S/C15H21N5O5/c1-8(4-21)2-3-16-13-10-14(18-6-17-13)20(7-19-10)15-12(24)11(23)9(5-22)25-15/h2,6-7,9,11-12,15,21-24H,3-5H2,1H3,(H,16,17,18)/b8-2+/t9?,11?,12-,15?/m0/s1. The molecule has 0 saturated carbocycles. The van der Waals surface area contributed by atoms with Gasteiger partial charge in [0.15, 0.2) is 23.2 Å². The third-order valence-corrected chi connectivity index (χ3v) is 4.12. The number of nitrogens with zero attached hydrogens (tertiary/aromatic N) is 4.